The van der Waals surface area contributed by atoms with Crippen LogP contribution in [0.15, 0.2) is 10.6 Å². The number of nitrogen functional groups attached to an aromatic ring is 1. The molecular weight excluding hydrogens is 230 g/mol. The van der Waals surface area contributed by atoms with Gasteiger partial charge in [0, 0.05) is 6.07 Å². The van der Waals surface area contributed by atoms with Crippen LogP contribution in [0.3, 0.4) is 0 Å². The number of rotatable bonds is 3. The Kier molecular flexibility index (Phi) is 2.82. The summed E-state index contributed by atoms with van der Waals surface area (Å²) in [5, 5.41) is 14.0. The quantitative estimate of drug-likeness (QED) is 0.800. The third-order valence-electron chi connectivity index (χ3n) is 1.73. The third kappa shape index (κ3) is 2.34. The van der Waals surface area contributed by atoms with Crippen LogP contribution in [-0.2, 0) is 6.54 Å². The van der Waals surface area contributed by atoms with Crippen molar-refractivity contribution in [2.45, 2.75) is 13.5 Å². The van der Waals surface area contributed by atoms with Gasteiger partial charge in [0.2, 0.25) is 10.1 Å². The lowest BCUT2D eigenvalue weighted by Gasteiger charge is -1.97. The fourth-order valence-corrected chi connectivity index (χ4v) is 1.60. The summed E-state index contributed by atoms with van der Waals surface area (Å²) in [6.07, 6.45) is 0. The molecule has 84 valence electrons. The van der Waals surface area contributed by atoms with Gasteiger partial charge in [0.1, 0.15) is 0 Å². The van der Waals surface area contributed by atoms with E-state index in [4.69, 9.17) is 10.3 Å². The van der Waals surface area contributed by atoms with Crippen molar-refractivity contribution in [3.05, 3.63) is 22.5 Å². The zero-order valence-electron chi connectivity index (χ0n) is 8.43. The molecule has 0 saturated heterocycles. The Morgan fingerprint density at radius 2 is 2.44 bits per heavy atom. The lowest BCUT2D eigenvalue weighted by molar-refractivity contribution is 0.0946. The van der Waals surface area contributed by atoms with Crippen molar-refractivity contribution < 1.29 is 9.32 Å². The van der Waals surface area contributed by atoms with Gasteiger partial charge in [-0.2, -0.15) is 0 Å². The molecule has 3 N–H and O–H groups in total. The number of nitrogens with zero attached hydrogens (tertiary/aromatic N) is 3. The third-order valence-corrected chi connectivity index (χ3v) is 2.49. The summed E-state index contributed by atoms with van der Waals surface area (Å²) in [6, 6.07) is 1.74. The van der Waals surface area contributed by atoms with Gasteiger partial charge in [-0.15, -0.1) is 10.2 Å². The largest absolute Gasteiger partial charge is 0.374 e. The molecule has 16 heavy (non-hydrogen) atoms. The Hall–Kier alpha value is -1.96. The molecule has 0 saturated carbocycles. The molecule has 2 heterocycles. The Morgan fingerprint density at radius 3 is 3.00 bits per heavy atom. The van der Waals surface area contributed by atoms with E-state index in [1.807, 2.05) is 0 Å². The highest BCUT2D eigenvalue weighted by molar-refractivity contribution is 7.16. The molecule has 0 aliphatic carbocycles. The minimum atomic E-state index is -0.330. The summed E-state index contributed by atoms with van der Waals surface area (Å²) in [4.78, 5) is 11.5. The normalized spacial score (nSPS) is 10.3. The average Bonchev–Trinajstić information content (AvgIpc) is 2.84. The Bertz CT molecular complexity index is 506. The van der Waals surface area contributed by atoms with Crippen LogP contribution in [0.4, 0.5) is 5.13 Å². The molecular formula is C8H9N5O2S. The average molecular weight is 239 g/mol. The molecule has 0 radical (unpaired) electrons. The van der Waals surface area contributed by atoms with Crippen LogP contribution in [0.5, 0.6) is 0 Å². The highest BCUT2D eigenvalue weighted by Gasteiger charge is 2.11. The SMILES string of the molecule is Cc1cc(CNC(=O)c2nnc(N)s2)on1. The van der Waals surface area contributed by atoms with Gasteiger partial charge in [0.05, 0.1) is 12.2 Å². The number of carbonyl (C=O) groups is 1. The van der Waals surface area contributed by atoms with Gasteiger partial charge in [-0.1, -0.05) is 16.5 Å². The zero-order chi connectivity index (χ0) is 11.5. The number of hydrogen-bond donors (Lipinski definition) is 2. The summed E-state index contributed by atoms with van der Waals surface area (Å²) < 4.78 is 4.93. The minimum Gasteiger partial charge on any atom is -0.374 e. The Balaban J connectivity index is 1.93. The second-order valence-corrected chi connectivity index (χ2v) is 4.07. The summed E-state index contributed by atoms with van der Waals surface area (Å²) in [6.45, 7) is 2.07. The molecule has 0 aromatic carbocycles. The van der Waals surface area contributed by atoms with Gasteiger partial charge in [0.15, 0.2) is 5.76 Å². The fraction of sp³-hybridized carbons (Fsp3) is 0.250. The van der Waals surface area contributed by atoms with Gasteiger partial charge in [-0.25, -0.2) is 0 Å². The minimum absolute atomic E-state index is 0.230. The topological polar surface area (TPSA) is 107 Å². The molecule has 0 atom stereocenters. The summed E-state index contributed by atoms with van der Waals surface area (Å²) in [5.74, 6) is 0.256. The first-order chi connectivity index (χ1) is 7.65. The van der Waals surface area contributed by atoms with Crippen LogP contribution >= 0.6 is 11.3 Å². The predicted molar refractivity (Wildman–Crippen MR) is 56.7 cm³/mol. The van der Waals surface area contributed by atoms with Gasteiger partial charge < -0.3 is 15.6 Å². The predicted octanol–water partition coefficient (Wildman–Crippen LogP) is 0.347. The van der Waals surface area contributed by atoms with Crippen LogP contribution < -0.4 is 11.1 Å². The molecule has 1 amide bonds. The molecule has 0 spiro atoms. The fourth-order valence-electron chi connectivity index (χ4n) is 1.07. The van der Waals surface area contributed by atoms with E-state index in [0.717, 1.165) is 17.0 Å². The Labute approximate surface area is 94.6 Å². The van der Waals surface area contributed by atoms with Crippen LogP contribution in [-0.4, -0.2) is 21.3 Å². The van der Waals surface area contributed by atoms with Crippen molar-refractivity contribution in [1.29, 1.82) is 0 Å². The van der Waals surface area contributed by atoms with Crippen molar-refractivity contribution in [2.75, 3.05) is 5.73 Å². The van der Waals surface area contributed by atoms with Crippen molar-refractivity contribution >= 4 is 22.4 Å². The lowest BCUT2D eigenvalue weighted by Crippen LogP contribution is -2.22. The summed E-state index contributed by atoms with van der Waals surface area (Å²) in [5.41, 5.74) is 6.13. The number of aromatic nitrogens is 3. The molecule has 2 aromatic rings. The van der Waals surface area contributed by atoms with Gasteiger partial charge in [0.25, 0.3) is 5.91 Å². The van der Waals surface area contributed by atoms with E-state index in [-0.39, 0.29) is 22.6 Å². The second-order valence-electron chi connectivity index (χ2n) is 3.06. The van der Waals surface area contributed by atoms with E-state index in [9.17, 15) is 4.79 Å². The molecule has 2 rings (SSSR count). The zero-order valence-corrected chi connectivity index (χ0v) is 9.24. The van der Waals surface area contributed by atoms with Crippen molar-refractivity contribution in [3.8, 4) is 0 Å². The van der Waals surface area contributed by atoms with Crippen molar-refractivity contribution in [2.24, 2.45) is 0 Å². The molecule has 0 aliphatic rings. The lowest BCUT2D eigenvalue weighted by atomic mass is 10.4. The molecule has 0 unspecified atom stereocenters. The number of anilines is 1. The summed E-state index contributed by atoms with van der Waals surface area (Å²) in [7, 11) is 0. The Morgan fingerprint density at radius 1 is 1.62 bits per heavy atom. The number of nitrogens with one attached hydrogen (secondary N) is 1. The maximum absolute atomic E-state index is 11.5. The van der Waals surface area contributed by atoms with Gasteiger partial charge in [-0.3, -0.25) is 4.79 Å². The van der Waals surface area contributed by atoms with Crippen LogP contribution in [0.1, 0.15) is 21.3 Å². The monoisotopic (exact) mass is 239 g/mol. The van der Waals surface area contributed by atoms with E-state index in [2.05, 4.69) is 20.7 Å². The van der Waals surface area contributed by atoms with Crippen molar-refractivity contribution in [1.82, 2.24) is 20.7 Å². The number of aryl methyl sites for hydroxylation is 1. The molecule has 7 nitrogen and oxygen atoms in total. The highest BCUT2D eigenvalue weighted by Crippen LogP contribution is 2.10. The number of amides is 1. The standard InChI is InChI=1S/C8H9N5O2S/c1-4-2-5(15-13-4)3-10-6(14)7-11-12-8(9)16-7/h2H,3H2,1H3,(H2,9,12)(H,10,14). The van der Waals surface area contributed by atoms with Gasteiger partial charge in [-0.05, 0) is 6.92 Å². The van der Waals surface area contributed by atoms with E-state index >= 15 is 0 Å². The highest BCUT2D eigenvalue weighted by atomic mass is 32.1. The summed E-state index contributed by atoms with van der Waals surface area (Å²) >= 11 is 1.03. The first-order valence-corrected chi connectivity index (χ1v) is 5.26. The second kappa shape index (κ2) is 4.27. The number of nitrogens with two attached hydrogens (primary N) is 1. The maximum atomic E-state index is 11.5. The van der Waals surface area contributed by atoms with E-state index < -0.39 is 0 Å². The van der Waals surface area contributed by atoms with Crippen LogP contribution in [0.2, 0.25) is 0 Å². The van der Waals surface area contributed by atoms with E-state index in [1.165, 1.54) is 0 Å². The molecule has 0 fully saturated rings. The van der Waals surface area contributed by atoms with E-state index in [0.29, 0.717) is 5.76 Å². The molecule has 2 aromatic heterocycles. The number of hydrogen-bond acceptors (Lipinski definition) is 7. The maximum Gasteiger partial charge on any atom is 0.282 e. The van der Waals surface area contributed by atoms with Crippen molar-refractivity contribution in [3.63, 3.8) is 0 Å². The smallest absolute Gasteiger partial charge is 0.282 e. The number of carbonyl (C=O) groups excluding carboxylic acids is 1. The molecule has 8 heteroatoms. The van der Waals surface area contributed by atoms with E-state index in [1.54, 1.807) is 13.0 Å². The first-order valence-electron chi connectivity index (χ1n) is 4.44. The molecule has 0 aliphatic heterocycles. The molecule has 0 bridgehead atoms. The van der Waals surface area contributed by atoms with Gasteiger partial charge >= 0.3 is 0 Å². The first kappa shape index (κ1) is 10.6. The van der Waals surface area contributed by atoms with Crippen LogP contribution in [0.25, 0.3) is 0 Å². The van der Waals surface area contributed by atoms with Crippen LogP contribution in [0, 0.1) is 6.92 Å².